The summed E-state index contributed by atoms with van der Waals surface area (Å²) < 4.78 is 23.3. The van der Waals surface area contributed by atoms with E-state index in [2.05, 4.69) is 22.9 Å². The van der Waals surface area contributed by atoms with Crippen LogP contribution in [0.25, 0.3) is 0 Å². The third kappa shape index (κ3) is 11.7. The molecule has 0 spiro atoms. The van der Waals surface area contributed by atoms with Crippen LogP contribution in [-0.4, -0.2) is 19.3 Å². The molecule has 0 heterocycles. The summed E-state index contributed by atoms with van der Waals surface area (Å²) in [6.45, 7) is 2.28. The molecule has 6 heteroatoms. The van der Waals surface area contributed by atoms with Gasteiger partial charge in [-0.1, -0.05) is 103 Å². The molecule has 1 N–H and O–H groups in total. The molecule has 0 unspecified atom stereocenters. The molecule has 0 amide bonds. The van der Waals surface area contributed by atoms with Crippen molar-refractivity contribution in [2.24, 2.45) is 0 Å². The van der Waals surface area contributed by atoms with Crippen molar-refractivity contribution in [3.05, 3.63) is 22.2 Å². The maximum absolute atomic E-state index is 12.6. The van der Waals surface area contributed by atoms with Crippen LogP contribution >= 0.6 is 23.5 Å². The summed E-state index contributed by atoms with van der Waals surface area (Å²) in [6.07, 6.45) is 22.1. The maximum Gasteiger partial charge on any atom is 0.360 e. The first kappa shape index (κ1) is 29.7. The molecule has 0 bridgehead atoms. The third-order valence-electron chi connectivity index (χ3n) is 6.22. The number of aromatic hydroxyl groups is 1. The molecule has 0 aliphatic heterocycles. The Balaban J connectivity index is 2.11. The topological polar surface area (TPSA) is 55.8 Å². The molecule has 0 aliphatic carbocycles. The minimum Gasteiger partial charge on any atom is -0.506 e. The molecule has 1 aromatic carbocycles. The molecule has 1 aromatic rings. The number of aryl methyl sites for hydroxylation is 1. The summed E-state index contributed by atoms with van der Waals surface area (Å²) in [5, 5.41) is 10.8. The van der Waals surface area contributed by atoms with Crippen LogP contribution < -0.4 is 5.30 Å². The highest BCUT2D eigenvalue weighted by Crippen LogP contribution is 2.46. The average molecular weight is 534 g/mol. The van der Waals surface area contributed by atoms with Crippen molar-refractivity contribution < 1.29 is 18.7 Å². The molecule has 32 heavy (non-hydrogen) atoms. The van der Waals surface area contributed by atoms with Crippen LogP contribution in [0, 0.1) is 0 Å². The van der Waals surface area contributed by atoms with Crippen molar-refractivity contribution in [3.63, 3.8) is 0 Å². The summed E-state index contributed by atoms with van der Waals surface area (Å²) in [7, 11) is -0.574. The van der Waals surface area contributed by atoms with Crippen LogP contribution in [0.15, 0.2) is 16.6 Å². The van der Waals surface area contributed by atoms with Crippen LogP contribution in [0.1, 0.15) is 115 Å². The summed E-state index contributed by atoms with van der Waals surface area (Å²) in [5.74, 6) is 0.216. The highest BCUT2D eigenvalue weighted by atomic mass is 79.9. The molecule has 0 aliphatic rings. The van der Waals surface area contributed by atoms with Gasteiger partial charge in [-0.05, 0) is 46.5 Å². The molecule has 0 atom stereocenters. The fourth-order valence-corrected chi connectivity index (χ4v) is 5.99. The molecule has 0 saturated heterocycles. The number of hydrogen-bond donors (Lipinski definition) is 1. The van der Waals surface area contributed by atoms with Gasteiger partial charge in [0.05, 0.1) is 9.78 Å². The summed E-state index contributed by atoms with van der Waals surface area (Å²) in [6, 6.07) is 3.36. The van der Waals surface area contributed by atoms with Gasteiger partial charge in [-0.2, -0.15) is 0 Å². The van der Waals surface area contributed by atoms with E-state index >= 15 is 0 Å². The van der Waals surface area contributed by atoms with Crippen LogP contribution in [0.4, 0.5) is 0 Å². The lowest BCUT2D eigenvalue weighted by atomic mass is 10.0. The maximum atomic E-state index is 12.6. The van der Waals surface area contributed by atoms with Gasteiger partial charge in [0.1, 0.15) is 5.75 Å². The molecular weight excluding hydrogens is 487 g/mol. The predicted octanol–water partition coefficient (Wildman–Crippen LogP) is 9.07. The van der Waals surface area contributed by atoms with Crippen molar-refractivity contribution >= 4 is 28.8 Å². The molecule has 1 rings (SSSR count). The Morgan fingerprint density at radius 1 is 0.750 bits per heavy atom. The van der Waals surface area contributed by atoms with Crippen LogP contribution in [0.5, 0.6) is 5.75 Å². The van der Waals surface area contributed by atoms with Gasteiger partial charge >= 0.3 is 7.60 Å². The van der Waals surface area contributed by atoms with E-state index in [1.165, 1.54) is 104 Å². The SMILES string of the molecule is CCCCCCCCCCCCCCCCCCc1cc(P(=O)(OC)OC)cc(Br)c1O. The van der Waals surface area contributed by atoms with E-state index in [0.29, 0.717) is 9.78 Å². The van der Waals surface area contributed by atoms with Gasteiger partial charge in [-0.25, -0.2) is 0 Å². The minimum absolute atomic E-state index is 0.216. The zero-order valence-corrected chi connectivity index (χ0v) is 23.2. The standard InChI is InChI=1S/C26H46BrO4P/c1-4-5-6-7-8-9-10-11-12-13-14-15-16-17-18-19-20-23-21-24(22-25(27)26(23)28)32(29,30-2)31-3/h21-22,28H,4-20H2,1-3H3. The fraction of sp³-hybridized carbons (Fsp3) is 0.769. The highest BCUT2D eigenvalue weighted by molar-refractivity contribution is 9.10. The van der Waals surface area contributed by atoms with Gasteiger partial charge < -0.3 is 14.2 Å². The van der Waals surface area contributed by atoms with Gasteiger partial charge in [-0.15, -0.1) is 0 Å². The second kappa shape index (κ2) is 18.0. The Morgan fingerprint density at radius 2 is 1.16 bits per heavy atom. The van der Waals surface area contributed by atoms with Gasteiger partial charge in [0.15, 0.2) is 0 Å². The second-order valence-electron chi connectivity index (χ2n) is 8.85. The molecule has 0 radical (unpaired) electrons. The number of rotatable bonds is 20. The van der Waals surface area contributed by atoms with E-state index in [9.17, 15) is 9.67 Å². The Kier molecular flexibility index (Phi) is 16.7. The van der Waals surface area contributed by atoms with E-state index in [4.69, 9.17) is 9.05 Å². The number of phenolic OH excluding ortho intramolecular Hbond substituents is 1. The van der Waals surface area contributed by atoms with Crippen molar-refractivity contribution in [1.82, 2.24) is 0 Å². The Labute approximate surface area is 205 Å². The smallest absolute Gasteiger partial charge is 0.360 e. The lowest BCUT2D eigenvalue weighted by molar-refractivity contribution is 0.287. The van der Waals surface area contributed by atoms with E-state index in [0.717, 1.165) is 24.8 Å². The first-order chi connectivity index (χ1) is 15.5. The summed E-state index contributed by atoms with van der Waals surface area (Å²) in [4.78, 5) is 0. The number of phenols is 1. The second-order valence-corrected chi connectivity index (χ2v) is 11.9. The number of unbranched alkanes of at least 4 members (excludes halogenated alkanes) is 15. The van der Waals surface area contributed by atoms with Crippen molar-refractivity contribution in [1.29, 1.82) is 0 Å². The first-order valence-electron chi connectivity index (χ1n) is 12.7. The van der Waals surface area contributed by atoms with Crippen molar-refractivity contribution in [2.75, 3.05) is 14.2 Å². The average Bonchev–Trinajstić information content (AvgIpc) is 2.80. The Morgan fingerprint density at radius 3 is 1.56 bits per heavy atom. The highest BCUT2D eigenvalue weighted by Gasteiger charge is 2.26. The lowest BCUT2D eigenvalue weighted by Gasteiger charge is -2.16. The van der Waals surface area contributed by atoms with E-state index in [1.807, 2.05) is 0 Å². The lowest BCUT2D eigenvalue weighted by Crippen LogP contribution is -2.09. The quantitative estimate of drug-likeness (QED) is 0.134. The van der Waals surface area contributed by atoms with Crippen LogP contribution in [0.3, 0.4) is 0 Å². The van der Waals surface area contributed by atoms with Crippen molar-refractivity contribution in [3.8, 4) is 5.75 Å². The van der Waals surface area contributed by atoms with Gasteiger partial charge in [0.2, 0.25) is 0 Å². The number of hydrogen-bond acceptors (Lipinski definition) is 4. The molecule has 0 aromatic heterocycles. The zero-order valence-electron chi connectivity index (χ0n) is 20.7. The fourth-order valence-electron chi connectivity index (χ4n) is 4.14. The number of halogens is 1. The van der Waals surface area contributed by atoms with Gasteiger partial charge in [0.25, 0.3) is 0 Å². The monoisotopic (exact) mass is 532 g/mol. The Bertz CT molecular complexity index is 657. The molecule has 0 saturated carbocycles. The predicted molar refractivity (Wildman–Crippen MR) is 140 cm³/mol. The summed E-state index contributed by atoms with van der Waals surface area (Å²) >= 11 is 3.36. The van der Waals surface area contributed by atoms with Crippen LogP contribution in [0.2, 0.25) is 0 Å². The summed E-state index contributed by atoms with van der Waals surface area (Å²) in [5.41, 5.74) is 0.786. The normalized spacial score (nSPS) is 11.9. The number of benzene rings is 1. The van der Waals surface area contributed by atoms with Crippen molar-refractivity contribution in [2.45, 2.75) is 116 Å². The molecule has 186 valence electrons. The van der Waals surface area contributed by atoms with Gasteiger partial charge in [0, 0.05) is 14.2 Å². The molecule has 0 fully saturated rings. The van der Waals surface area contributed by atoms with E-state index in [1.54, 1.807) is 12.1 Å². The zero-order chi connectivity index (χ0) is 23.7. The molecular formula is C26H46BrO4P. The van der Waals surface area contributed by atoms with E-state index < -0.39 is 7.60 Å². The van der Waals surface area contributed by atoms with Crippen LogP contribution in [-0.2, 0) is 20.0 Å². The molecule has 4 nitrogen and oxygen atoms in total. The van der Waals surface area contributed by atoms with E-state index in [-0.39, 0.29) is 5.75 Å². The third-order valence-corrected chi connectivity index (χ3v) is 8.68. The largest absolute Gasteiger partial charge is 0.506 e. The van der Waals surface area contributed by atoms with Gasteiger partial charge in [-0.3, -0.25) is 4.57 Å². The first-order valence-corrected chi connectivity index (χ1v) is 15.1. The minimum atomic E-state index is -3.32. The Hall–Kier alpha value is -0.350.